The molecule has 0 saturated heterocycles. The zero-order valence-electron chi connectivity index (χ0n) is 10.0. The molecule has 0 spiro atoms. The van der Waals surface area contributed by atoms with Crippen molar-refractivity contribution < 1.29 is 9.13 Å². The van der Waals surface area contributed by atoms with Crippen molar-refractivity contribution in [3.05, 3.63) is 63.9 Å². The van der Waals surface area contributed by atoms with E-state index in [1.807, 2.05) is 18.2 Å². The molecule has 0 saturated carbocycles. The average molecular weight is 323 g/mol. The molecule has 5 heteroatoms. The van der Waals surface area contributed by atoms with Crippen molar-refractivity contribution in [3.63, 3.8) is 0 Å². The summed E-state index contributed by atoms with van der Waals surface area (Å²) < 4.78 is 19.4. The molecule has 0 aliphatic heterocycles. The lowest BCUT2D eigenvalue weighted by atomic mass is 10.2. The van der Waals surface area contributed by atoms with Gasteiger partial charge in [0.25, 0.3) is 0 Å². The topological polar surface area (TPSA) is 47.6 Å². The van der Waals surface area contributed by atoms with Gasteiger partial charge in [-0.25, -0.2) is 4.39 Å². The van der Waals surface area contributed by atoms with Crippen molar-refractivity contribution in [2.45, 2.75) is 6.61 Å². The van der Waals surface area contributed by atoms with Gasteiger partial charge >= 0.3 is 0 Å². The molecule has 0 atom stereocenters. The van der Waals surface area contributed by atoms with Crippen LogP contribution >= 0.6 is 15.9 Å². The third-order valence-corrected chi connectivity index (χ3v) is 2.99. The second-order valence-corrected chi connectivity index (χ2v) is 4.79. The summed E-state index contributed by atoms with van der Waals surface area (Å²) in [4.78, 5) is 0. The molecule has 0 aromatic heterocycles. The van der Waals surface area contributed by atoms with E-state index in [4.69, 9.17) is 10.6 Å². The number of hydrogen-bond acceptors (Lipinski definition) is 3. The number of hydrazone groups is 1. The van der Waals surface area contributed by atoms with Gasteiger partial charge in [0.05, 0.1) is 6.21 Å². The van der Waals surface area contributed by atoms with Gasteiger partial charge in [-0.1, -0.05) is 28.1 Å². The SMILES string of the molecule is NN=Cc1cc(Br)ccc1OCc1ccc(F)cc1. The maximum absolute atomic E-state index is 12.8. The van der Waals surface area contributed by atoms with E-state index in [-0.39, 0.29) is 5.82 Å². The highest BCUT2D eigenvalue weighted by molar-refractivity contribution is 9.10. The van der Waals surface area contributed by atoms with Crippen LogP contribution in [0.25, 0.3) is 0 Å². The predicted molar refractivity (Wildman–Crippen MR) is 76.7 cm³/mol. The van der Waals surface area contributed by atoms with E-state index < -0.39 is 0 Å². The first-order chi connectivity index (χ1) is 9.19. The van der Waals surface area contributed by atoms with Crippen LogP contribution in [0, 0.1) is 5.82 Å². The number of halogens is 2. The van der Waals surface area contributed by atoms with Gasteiger partial charge in [0.1, 0.15) is 18.2 Å². The zero-order chi connectivity index (χ0) is 13.7. The van der Waals surface area contributed by atoms with Gasteiger partial charge in [-0.15, -0.1) is 0 Å². The molecule has 0 aliphatic carbocycles. The van der Waals surface area contributed by atoms with Crippen molar-refractivity contribution >= 4 is 22.1 Å². The van der Waals surface area contributed by atoms with Crippen LogP contribution < -0.4 is 10.6 Å². The molecule has 2 aromatic carbocycles. The second-order valence-electron chi connectivity index (χ2n) is 3.88. The first-order valence-corrected chi connectivity index (χ1v) is 6.38. The van der Waals surface area contributed by atoms with E-state index in [2.05, 4.69) is 21.0 Å². The van der Waals surface area contributed by atoms with Crippen molar-refractivity contribution in [3.8, 4) is 5.75 Å². The van der Waals surface area contributed by atoms with Gasteiger partial charge in [0, 0.05) is 10.0 Å². The van der Waals surface area contributed by atoms with Gasteiger partial charge in [-0.3, -0.25) is 0 Å². The summed E-state index contributed by atoms with van der Waals surface area (Å²) >= 11 is 3.37. The van der Waals surface area contributed by atoms with E-state index in [0.717, 1.165) is 15.6 Å². The lowest BCUT2D eigenvalue weighted by Crippen LogP contribution is -1.99. The largest absolute Gasteiger partial charge is 0.488 e. The molecule has 0 heterocycles. The van der Waals surface area contributed by atoms with E-state index in [1.165, 1.54) is 18.3 Å². The minimum atomic E-state index is -0.261. The molecule has 2 aromatic rings. The Hall–Kier alpha value is -1.88. The molecular formula is C14H12BrFN2O. The maximum atomic E-state index is 12.8. The molecule has 19 heavy (non-hydrogen) atoms. The fourth-order valence-electron chi connectivity index (χ4n) is 1.57. The van der Waals surface area contributed by atoms with Gasteiger partial charge in [-0.2, -0.15) is 5.10 Å². The number of ether oxygens (including phenoxy) is 1. The fourth-order valence-corrected chi connectivity index (χ4v) is 1.95. The van der Waals surface area contributed by atoms with Gasteiger partial charge in [0.2, 0.25) is 0 Å². The summed E-state index contributed by atoms with van der Waals surface area (Å²) in [6, 6.07) is 11.7. The summed E-state index contributed by atoms with van der Waals surface area (Å²) in [6.45, 7) is 0.354. The third kappa shape index (κ3) is 3.79. The molecule has 0 fully saturated rings. The quantitative estimate of drug-likeness (QED) is 0.532. The van der Waals surface area contributed by atoms with Crippen molar-refractivity contribution in [2.75, 3.05) is 0 Å². The van der Waals surface area contributed by atoms with Crippen LogP contribution in [-0.4, -0.2) is 6.21 Å². The Kier molecular flexibility index (Phi) is 4.52. The Morgan fingerprint density at radius 1 is 1.21 bits per heavy atom. The first kappa shape index (κ1) is 13.5. The number of nitrogens with two attached hydrogens (primary N) is 1. The van der Waals surface area contributed by atoms with Crippen LogP contribution in [-0.2, 0) is 6.61 Å². The van der Waals surface area contributed by atoms with Gasteiger partial charge < -0.3 is 10.6 Å². The first-order valence-electron chi connectivity index (χ1n) is 5.59. The molecule has 0 amide bonds. The average Bonchev–Trinajstić information content (AvgIpc) is 2.40. The Balaban J connectivity index is 2.12. The summed E-state index contributed by atoms with van der Waals surface area (Å²) in [7, 11) is 0. The van der Waals surface area contributed by atoms with E-state index in [1.54, 1.807) is 12.1 Å². The smallest absolute Gasteiger partial charge is 0.128 e. The molecule has 0 bridgehead atoms. The molecule has 0 radical (unpaired) electrons. The number of nitrogens with zero attached hydrogens (tertiary/aromatic N) is 1. The fraction of sp³-hybridized carbons (Fsp3) is 0.0714. The molecule has 0 unspecified atom stereocenters. The highest BCUT2D eigenvalue weighted by Gasteiger charge is 2.03. The summed E-state index contributed by atoms with van der Waals surface area (Å²) in [5.74, 6) is 5.57. The Bertz CT molecular complexity index is 584. The Morgan fingerprint density at radius 2 is 1.95 bits per heavy atom. The van der Waals surface area contributed by atoms with E-state index >= 15 is 0 Å². The molecule has 3 nitrogen and oxygen atoms in total. The minimum Gasteiger partial charge on any atom is -0.488 e. The normalized spacial score (nSPS) is 10.8. The minimum absolute atomic E-state index is 0.261. The molecule has 0 aliphatic rings. The van der Waals surface area contributed by atoms with Gasteiger partial charge in [-0.05, 0) is 35.9 Å². The van der Waals surface area contributed by atoms with Crippen LogP contribution in [0.2, 0.25) is 0 Å². The van der Waals surface area contributed by atoms with Crippen molar-refractivity contribution in [1.29, 1.82) is 0 Å². The number of benzene rings is 2. The number of rotatable bonds is 4. The van der Waals surface area contributed by atoms with Gasteiger partial charge in [0.15, 0.2) is 0 Å². The number of hydrogen-bond donors (Lipinski definition) is 1. The van der Waals surface area contributed by atoms with Crippen LogP contribution in [0.3, 0.4) is 0 Å². The molecular weight excluding hydrogens is 311 g/mol. The van der Waals surface area contributed by atoms with Crippen LogP contribution in [0.4, 0.5) is 4.39 Å². The van der Waals surface area contributed by atoms with Crippen LogP contribution in [0.1, 0.15) is 11.1 Å². The summed E-state index contributed by atoms with van der Waals surface area (Å²) in [5, 5.41) is 3.50. The standard InChI is InChI=1S/C14H12BrFN2O/c15-12-3-6-14(11(7-12)8-18-17)19-9-10-1-4-13(16)5-2-10/h1-8H,9,17H2. The molecule has 2 N–H and O–H groups in total. The van der Waals surface area contributed by atoms with E-state index in [0.29, 0.717) is 12.4 Å². The van der Waals surface area contributed by atoms with E-state index in [9.17, 15) is 4.39 Å². The van der Waals surface area contributed by atoms with Crippen molar-refractivity contribution in [2.24, 2.45) is 10.9 Å². The van der Waals surface area contributed by atoms with Crippen molar-refractivity contribution in [1.82, 2.24) is 0 Å². The summed E-state index contributed by atoms with van der Waals surface area (Å²) in [5.41, 5.74) is 1.67. The van der Waals surface area contributed by atoms with Crippen LogP contribution in [0.15, 0.2) is 52.0 Å². The molecule has 98 valence electrons. The highest BCUT2D eigenvalue weighted by Crippen LogP contribution is 2.22. The maximum Gasteiger partial charge on any atom is 0.128 e. The predicted octanol–water partition coefficient (Wildman–Crippen LogP) is 3.46. The lowest BCUT2D eigenvalue weighted by Gasteiger charge is -2.09. The zero-order valence-corrected chi connectivity index (χ0v) is 11.6. The van der Waals surface area contributed by atoms with Crippen LogP contribution in [0.5, 0.6) is 5.75 Å². The highest BCUT2D eigenvalue weighted by atomic mass is 79.9. The molecule has 2 rings (SSSR count). The lowest BCUT2D eigenvalue weighted by molar-refractivity contribution is 0.305. The Morgan fingerprint density at radius 3 is 2.63 bits per heavy atom. The third-order valence-electron chi connectivity index (χ3n) is 2.49. The monoisotopic (exact) mass is 322 g/mol. The Labute approximate surface area is 119 Å². The second kappa shape index (κ2) is 6.33. The summed E-state index contributed by atoms with van der Waals surface area (Å²) in [6.07, 6.45) is 1.52.